The Morgan fingerprint density at radius 3 is 2.29 bits per heavy atom. The molecule has 0 spiro atoms. The van der Waals surface area contributed by atoms with Crippen molar-refractivity contribution in [3.8, 4) is 0 Å². The van der Waals surface area contributed by atoms with Crippen LogP contribution in [0.1, 0.15) is 32.4 Å². The fourth-order valence-electron chi connectivity index (χ4n) is 1.78. The number of halogens is 1. The van der Waals surface area contributed by atoms with E-state index in [0.29, 0.717) is 0 Å². The first-order valence-corrected chi connectivity index (χ1v) is 5.58. The molecule has 1 unspecified atom stereocenters. The van der Waals surface area contributed by atoms with Gasteiger partial charge in [0.05, 0.1) is 6.54 Å². The topological polar surface area (TPSA) is 55.1 Å². The molecule has 0 aliphatic heterocycles. The normalized spacial score (nSPS) is 13.4. The van der Waals surface area contributed by atoms with Crippen LogP contribution in [0.5, 0.6) is 0 Å². The third kappa shape index (κ3) is 4.15. The Morgan fingerprint density at radius 1 is 1.35 bits per heavy atom. The quantitative estimate of drug-likeness (QED) is 0.842. The smallest absolute Gasteiger partial charge is 0.231 e. The van der Waals surface area contributed by atoms with Crippen LogP contribution in [0.4, 0.5) is 4.39 Å². The third-order valence-electron chi connectivity index (χ3n) is 2.55. The summed E-state index contributed by atoms with van der Waals surface area (Å²) in [4.78, 5) is 10.8. The van der Waals surface area contributed by atoms with Gasteiger partial charge in [0, 0.05) is 6.04 Å². The van der Waals surface area contributed by atoms with Gasteiger partial charge in [-0.1, -0.05) is 32.9 Å². The molecule has 3 N–H and O–H groups in total. The van der Waals surface area contributed by atoms with Crippen molar-refractivity contribution in [3.05, 3.63) is 35.6 Å². The number of carbonyl (C=O) groups excluding carboxylic acids is 1. The van der Waals surface area contributed by atoms with Gasteiger partial charge in [-0.15, -0.1) is 0 Å². The van der Waals surface area contributed by atoms with Gasteiger partial charge in [0.25, 0.3) is 0 Å². The molecule has 0 aliphatic carbocycles. The minimum atomic E-state index is -0.402. The van der Waals surface area contributed by atoms with Crippen molar-refractivity contribution in [2.45, 2.75) is 26.8 Å². The van der Waals surface area contributed by atoms with Gasteiger partial charge in [0.15, 0.2) is 0 Å². The number of hydrogen-bond donors (Lipinski definition) is 2. The first kappa shape index (κ1) is 13.6. The minimum Gasteiger partial charge on any atom is -0.369 e. The fraction of sp³-hybridized carbons (Fsp3) is 0.462. The first-order valence-electron chi connectivity index (χ1n) is 5.58. The van der Waals surface area contributed by atoms with E-state index in [2.05, 4.69) is 26.1 Å². The first-order chi connectivity index (χ1) is 7.80. The summed E-state index contributed by atoms with van der Waals surface area (Å²) in [7, 11) is 0. The molecule has 94 valence electrons. The van der Waals surface area contributed by atoms with Gasteiger partial charge in [-0.2, -0.15) is 0 Å². The van der Waals surface area contributed by atoms with Crippen LogP contribution in [0.3, 0.4) is 0 Å². The molecule has 0 aromatic heterocycles. The van der Waals surface area contributed by atoms with Crippen LogP contribution in [-0.2, 0) is 4.79 Å². The van der Waals surface area contributed by atoms with Gasteiger partial charge in [-0.25, -0.2) is 4.39 Å². The molecule has 1 amide bonds. The number of nitrogens with two attached hydrogens (primary N) is 1. The highest BCUT2D eigenvalue weighted by Gasteiger charge is 2.26. The molecule has 0 radical (unpaired) electrons. The lowest BCUT2D eigenvalue weighted by molar-refractivity contribution is -0.117. The zero-order valence-corrected chi connectivity index (χ0v) is 10.5. The highest BCUT2D eigenvalue weighted by molar-refractivity contribution is 5.75. The van der Waals surface area contributed by atoms with Crippen molar-refractivity contribution in [2.75, 3.05) is 6.54 Å². The number of carbonyl (C=O) groups is 1. The number of primary amides is 1. The Labute approximate surface area is 101 Å². The Bertz CT molecular complexity index is 381. The lowest BCUT2D eigenvalue weighted by atomic mass is 9.82. The summed E-state index contributed by atoms with van der Waals surface area (Å²) in [6.45, 7) is 6.26. The predicted molar refractivity (Wildman–Crippen MR) is 65.8 cm³/mol. The third-order valence-corrected chi connectivity index (χ3v) is 2.55. The molecule has 0 saturated carbocycles. The van der Waals surface area contributed by atoms with Crippen LogP contribution in [0.15, 0.2) is 24.3 Å². The molecule has 1 rings (SSSR count). The molecule has 4 heteroatoms. The fourth-order valence-corrected chi connectivity index (χ4v) is 1.78. The van der Waals surface area contributed by atoms with Gasteiger partial charge in [-0.3, -0.25) is 4.79 Å². The van der Waals surface area contributed by atoms with Crippen molar-refractivity contribution < 1.29 is 9.18 Å². The molecule has 17 heavy (non-hydrogen) atoms. The second kappa shape index (κ2) is 5.27. The van der Waals surface area contributed by atoms with Gasteiger partial charge in [-0.05, 0) is 23.1 Å². The lowest BCUT2D eigenvalue weighted by Crippen LogP contribution is -2.37. The van der Waals surface area contributed by atoms with Crippen molar-refractivity contribution >= 4 is 5.91 Å². The van der Waals surface area contributed by atoms with Crippen molar-refractivity contribution in [1.29, 1.82) is 0 Å². The van der Waals surface area contributed by atoms with Crippen molar-refractivity contribution in [1.82, 2.24) is 5.32 Å². The summed E-state index contributed by atoms with van der Waals surface area (Å²) < 4.78 is 12.9. The van der Waals surface area contributed by atoms with Gasteiger partial charge >= 0.3 is 0 Å². The summed E-state index contributed by atoms with van der Waals surface area (Å²) >= 11 is 0. The van der Waals surface area contributed by atoms with Crippen molar-refractivity contribution in [2.24, 2.45) is 11.1 Å². The molecule has 1 atom stereocenters. The molecule has 0 bridgehead atoms. The maximum atomic E-state index is 12.9. The molecule has 0 aliphatic rings. The average molecular weight is 238 g/mol. The van der Waals surface area contributed by atoms with Crippen LogP contribution >= 0.6 is 0 Å². The molecular weight excluding hydrogens is 219 g/mol. The van der Waals surface area contributed by atoms with E-state index in [1.807, 2.05) is 0 Å². The van der Waals surface area contributed by atoms with Gasteiger partial charge < -0.3 is 11.1 Å². The Morgan fingerprint density at radius 2 is 1.88 bits per heavy atom. The van der Waals surface area contributed by atoms with Crippen LogP contribution in [0.25, 0.3) is 0 Å². The van der Waals surface area contributed by atoms with Crippen LogP contribution < -0.4 is 11.1 Å². The monoisotopic (exact) mass is 238 g/mol. The second-order valence-electron chi connectivity index (χ2n) is 5.20. The summed E-state index contributed by atoms with van der Waals surface area (Å²) in [6.07, 6.45) is 0. The Balaban J connectivity index is 2.90. The van der Waals surface area contributed by atoms with Gasteiger partial charge in [0.2, 0.25) is 5.91 Å². The molecule has 1 aromatic carbocycles. The van der Waals surface area contributed by atoms with E-state index < -0.39 is 5.91 Å². The highest BCUT2D eigenvalue weighted by atomic mass is 19.1. The number of hydrogen-bond acceptors (Lipinski definition) is 2. The number of rotatable bonds is 4. The highest BCUT2D eigenvalue weighted by Crippen LogP contribution is 2.32. The van der Waals surface area contributed by atoms with Crippen LogP contribution in [0.2, 0.25) is 0 Å². The maximum Gasteiger partial charge on any atom is 0.231 e. The number of nitrogens with one attached hydrogen (secondary N) is 1. The van der Waals surface area contributed by atoms with E-state index in [9.17, 15) is 9.18 Å². The van der Waals surface area contributed by atoms with Crippen LogP contribution in [-0.4, -0.2) is 12.5 Å². The van der Waals surface area contributed by atoms with E-state index in [-0.39, 0.29) is 23.8 Å². The maximum absolute atomic E-state index is 12.9. The Hall–Kier alpha value is -1.42. The van der Waals surface area contributed by atoms with E-state index in [4.69, 9.17) is 5.73 Å². The SMILES string of the molecule is CC(C)(C)C(NCC(N)=O)c1ccc(F)cc1. The standard InChI is InChI=1S/C13H19FN2O/c1-13(2,3)12(16-8-11(15)17)9-4-6-10(14)7-5-9/h4-7,12,16H,8H2,1-3H3,(H2,15,17). The zero-order chi connectivity index (χ0) is 13.1. The zero-order valence-electron chi connectivity index (χ0n) is 10.5. The molecule has 0 saturated heterocycles. The van der Waals surface area contributed by atoms with E-state index in [0.717, 1.165) is 5.56 Å². The van der Waals surface area contributed by atoms with E-state index in [1.54, 1.807) is 12.1 Å². The second-order valence-corrected chi connectivity index (χ2v) is 5.20. The van der Waals surface area contributed by atoms with Crippen molar-refractivity contribution in [3.63, 3.8) is 0 Å². The lowest BCUT2D eigenvalue weighted by Gasteiger charge is -2.31. The molecule has 0 heterocycles. The summed E-state index contributed by atoms with van der Waals surface area (Å²) in [5, 5.41) is 3.10. The molecular formula is C13H19FN2O. The number of amides is 1. The average Bonchev–Trinajstić information content (AvgIpc) is 2.18. The minimum absolute atomic E-state index is 0.0457. The summed E-state index contributed by atoms with van der Waals surface area (Å²) in [6, 6.07) is 6.23. The number of benzene rings is 1. The predicted octanol–water partition coefficient (Wildman–Crippen LogP) is 1.99. The largest absolute Gasteiger partial charge is 0.369 e. The van der Waals surface area contributed by atoms with E-state index >= 15 is 0 Å². The molecule has 3 nitrogen and oxygen atoms in total. The molecule has 0 fully saturated rings. The summed E-state index contributed by atoms with van der Waals surface area (Å²) in [5.41, 5.74) is 5.98. The Kier molecular flexibility index (Phi) is 4.23. The van der Waals surface area contributed by atoms with E-state index in [1.165, 1.54) is 12.1 Å². The summed E-state index contributed by atoms with van der Waals surface area (Å²) in [5.74, 6) is -0.669. The van der Waals surface area contributed by atoms with Crippen LogP contribution in [0, 0.1) is 11.2 Å². The van der Waals surface area contributed by atoms with Gasteiger partial charge in [0.1, 0.15) is 5.82 Å². The molecule has 1 aromatic rings.